The van der Waals surface area contributed by atoms with Crippen LogP contribution >= 0.6 is 0 Å². The van der Waals surface area contributed by atoms with Gasteiger partial charge in [-0.25, -0.2) is 4.79 Å². The number of hydrogen-bond donors (Lipinski definition) is 1. The van der Waals surface area contributed by atoms with Gasteiger partial charge in [-0.15, -0.1) is 0 Å². The van der Waals surface area contributed by atoms with Crippen molar-refractivity contribution in [3.05, 3.63) is 44.7 Å². The van der Waals surface area contributed by atoms with E-state index in [-0.39, 0.29) is 31.0 Å². The van der Waals surface area contributed by atoms with Crippen molar-refractivity contribution in [1.82, 2.24) is 14.5 Å². The molecular weight excluding hydrogens is 300 g/mol. The smallest absolute Gasteiger partial charge is 0.295 e. The van der Waals surface area contributed by atoms with E-state index in [0.29, 0.717) is 16.6 Å². The lowest BCUT2D eigenvalue weighted by Gasteiger charge is -2.21. The van der Waals surface area contributed by atoms with Crippen LogP contribution in [-0.2, 0) is 23.2 Å². The normalized spacial score (nSPS) is 17.9. The minimum atomic E-state index is -0.724. The number of aryl methyl sites for hydroxylation is 1. The highest BCUT2D eigenvalue weighted by Gasteiger charge is 2.31. The molecule has 1 aromatic carbocycles. The average molecular weight is 314 g/mol. The molecule has 3 rings (SSSR count). The third kappa shape index (κ3) is 2.36. The molecule has 23 heavy (non-hydrogen) atoms. The van der Waals surface area contributed by atoms with Crippen molar-refractivity contribution in [3.63, 3.8) is 0 Å². The average Bonchev–Trinajstić information content (AvgIpc) is 2.78. The second-order valence-corrected chi connectivity index (χ2v) is 5.35. The van der Waals surface area contributed by atoms with Crippen LogP contribution in [0.15, 0.2) is 28.1 Å². The number of azide groups is 1. The number of hydrogen-bond acceptors (Lipinski definition) is 4. The highest BCUT2D eigenvalue weighted by atomic mass is 16.2. The predicted octanol–water partition coefficient (Wildman–Crippen LogP) is 1.13. The molecule has 118 valence electrons. The number of amides is 2. The Balaban J connectivity index is 2.21. The number of aromatic nitrogens is 2. The summed E-state index contributed by atoms with van der Waals surface area (Å²) in [6.45, 7) is 0.112. The van der Waals surface area contributed by atoms with Gasteiger partial charge in [0.05, 0.1) is 17.6 Å². The van der Waals surface area contributed by atoms with E-state index in [1.807, 2.05) is 0 Å². The number of nitrogens with zero attached hydrogens (tertiary/aromatic N) is 5. The Hall–Kier alpha value is -3.06. The van der Waals surface area contributed by atoms with Gasteiger partial charge in [0.1, 0.15) is 6.04 Å². The minimum Gasteiger partial charge on any atom is -0.295 e. The Kier molecular flexibility index (Phi) is 3.63. The molecule has 2 amide bonds. The summed E-state index contributed by atoms with van der Waals surface area (Å²) in [4.78, 5) is 38.7. The second-order valence-electron chi connectivity index (χ2n) is 5.35. The van der Waals surface area contributed by atoms with Gasteiger partial charge in [0.15, 0.2) is 0 Å². The van der Waals surface area contributed by atoms with Crippen LogP contribution < -0.4 is 11.0 Å². The topological polar surface area (TPSA) is 122 Å². The number of fused-ring (bicyclic) bond motifs is 1. The van der Waals surface area contributed by atoms with Gasteiger partial charge in [-0.2, -0.15) is 0 Å². The van der Waals surface area contributed by atoms with E-state index < -0.39 is 11.9 Å². The first-order valence-corrected chi connectivity index (χ1v) is 7.08. The molecule has 1 aliphatic heterocycles. The van der Waals surface area contributed by atoms with Gasteiger partial charge in [0.2, 0.25) is 11.8 Å². The van der Waals surface area contributed by atoms with Crippen LogP contribution in [0, 0.1) is 0 Å². The summed E-state index contributed by atoms with van der Waals surface area (Å²) in [6, 6.07) is 4.52. The van der Waals surface area contributed by atoms with E-state index >= 15 is 0 Å². The van der Waals surface area contributed by atoms with Crippen LogP contribution in [0.25, 0.3) is 21.5 Å². The molecule has 0 aliphatic carbocycles. The van der Waals surface area contributed by atoms with Gasteiger partial charge in [-0.1, -0.05) is 17.2 Å². The van der Waals surface area contributed by atoms with Crippen molar-refractivity contribution < 1.29 is 9.59 Å². The van der Waals surface area contributed by atoms with Gasteiger partial charge in [-0.05, 0) is 23.6 Å². The molecule has 1 aliphatic rings. The van der Waals surface area contributed by atoms with E-state index in [4.69, 9.17) is 5.53 Å². The summed E-state index contributed by atoms with van der Waals surface area (Å²) >= 11 is 0. The van der Waals surface area contributed by atoms with Crippen LogP contribution in [0.5, 0.6) is 0 Å². The minimum absolute atomic E-state index is 0.112. The number of piperidine rings is 1. The quantitative estimate of drug-likeness (QED) is 0.395. The Bertz CT molecular complexity index is 918. The van der Waals surface area contributed by atoms with E-state index in [9.17, 15) is 14.4 Å². The molecule has 9 heteroatoms. The third-order valence-corrected chi connectivity index (χ3v) is 4.01. The Morgan fingerprint density at radius 3 is 2.87 bits per heavy atom. The summed E-state index contributed by atoms with van der Waals surface area (Å²) in [5, 5.41) is 5.81. The van der Waals surface area contributed by atoms with Crippen molar-refractivity contribution >= 4 is 22.8 Å². The molecule has 1 saturated heterocycles. The van der Waals surface area contributed by atoms with Gasteiger partial charge < -0.3 is 0 Å². The fourth-order valence-electron chi connectivity index (χ4n) is 2.98. The van der Waals surface area contributed by atoms with Crippen molar-refractivity contribution in [3.8, 4) is 0 Å². The van der Waals surface area contributed by atoms with Crippen LogP contribution in [0.1, 0.15) is 24.4 Å². The Morgan fingerprint density at radius 1 is 1.39 bits per heavy atom. The molecular formula is C14H14N6O3. The van der Waals surface area contributed by atoms with E-state index in [0.717, 1.165) is 0 Å². The summed E-state index contributed by atoms with van der Waals surface area (Å²) in [5.74, 6) is -0.806. The van der Waals surface area contributed by atoms with Crippen molar-refractivity contribution in [2.24, 2.45) is 12.2 Å². The van der Waals surface area contributed by atoms with Crippen LogP contribution in [-0.4, -0.2) is 20.9 Å². The monoisotopic (exact) mass is 314 g/mol. The van der Waals surface area contributed by atoms with E-state index in [2.05, 4.69) is 15.3 Å². The zero-order valence-corrected chi connectivity index (χ0v) is 12.4. The fourth-order valence-corrected chi connectivity index (χ4v) is 2.98. The second kappa shape index (κ2) is 5.62. The summed E-state index contributed by atoms with van der Waals surface area (Å²) in [5.41, 5.74) is 10.0. The SMILES string of the molecule is Cn1c(=O)n(C2CCC(=O)NC2=O)c2cccc(CN=[N+]=[N-])c21. The van der Waals surface area contributed by atoms with Gasteiger partial charge in [0, 0.05) is 18.4 Å². The molecule has 0 saturated carbocycles. The molecule has 0 spiro atoms. The number of para-hydroxylation sites is 1. The summed E-state index contributed by atoms with van der Waals surface area (Å²) < 4.78 is 2.83. The lowest BCUT2D eigenvalue weighted by Crippen LogP contribution is -2.44. The van der Waals surface area contributed by atoms with Crippen molar-refractivity contribution in [2.45, 2.75) is 25.4 Å². The van der Waals surface area contributed by atoms with Gasteiger partial charge in [0.25, 0.3) is 0 Å². The van der Waals surface area contributed by atoms with E-state index in [1.54, 1.807) is 25.2 Å². The zero-order valence-electron chi connectivity index (χ0n) is 12.4. The molecule has 1 unspecified atom stereocenters. The van der Waals surface area contributed by atoms with Gasteiger partial charge in [-0.3, -0.25) is 24.0 Å². The molecule has 1 aromatic heterocycles. The van der Waals surface area contributed by atoms with Crippen LogP contribution in [0.4, 0.5) is 0 Å². The number of carbonyl (C=O) groups excluding carboxylic acids is 2. The highest BCUT2D eigenvalue weighted by Crippen LogP contribution is 2.25. The summed E-state index contributed by atoms with van der Waals surface area (Å²) in [7, 11) is 1.60. The predicted molar refractivity (Wildman–Crippen MR) is 81.4 cm³/mol. The maximum absolute atomic E-state index is 12.6. The van der Waals surface area contributed by atoms with Crippen LogP contribution in [0.3, 0.4) is 0 Å². The maximum atomic E-state index is 12.6. The lowest BCUT2D eigenvalue weighted by atomic mass is 10.1. The summed E-state index contributed by atoms with van der Waals surface area (Å²) in [6.07, 6.45) is 0.474. The molecule has 2 aromatic rings. The number of nitrogens with one attached hydrogen (secondary N) is 1. The molecule has 2 heterocycles. The Morgan fingerprint density at radius 2 is 2.17 bits per heavy atom. The number of imide groups is 1. The largest absolute Gasteiger partial charge is 0.329 e. The highest BCUT2D eigenvalue weighted by molar-refractivity contribution is 6.00. The van der Waals surface area contributed by atoms with Crippen molar-refractivity contribution in [1.29, 1.82) is 0 Å². The Labute approximate surface area is 130 Å². The lowest BCUT2D eigenvalue weighted by molar-refractivity contribution is -0.135. The molecule has 1 N–H and O–H groups in total. The molecule has 1 fully saturated rings. The number of carbonyl (C=O) groups is 2. The van der Waals surface area contributed by atoms with E-state index in [1.165, 1.54) is 9.13 Å². The molecule has 0 radical (unpaired) electrons. The molecule has 0 bridgehead atoms. The standard InChI is InChI=1S/C14H14N6O3/c1-19-12-8(7-16-18-15)3-2-4-9(12)20(14(19)23)10-5-6-11(21)17-13(10)22/h2-4,10H,5-7H2,1H3,(H,17,21,22). The molecule has 9 nitrogen and oxygen atoms in total. The molecule has 1 atom stereocenters. The number of rotatable bonds is 3. The first kappa shape index (κ1) is 14.9. The zero-order chi connectivity index (χ0) is 16.6. The number of imidazole rings is 1. The maximum Gasteiger partial charge on any atom is 0.329 e. The third-order valence-electron chi connectivity index (χ3n) is 4.01. The van der Waals surface area contributed by atoms with Crippen LogP contribution in [0.2, 0.25) is 0 Å². The van der Waals surface area contributed by atoms with Gasteiger partial charge >= 0.3 is 5.69 Å². The fraction of sp³-hybridized carbons (Fsp3) is 0.357. The number of benzene rings is 1. The first-order valence-electron chi connectivity index (χ1n) is 7.08. The van der Waals surface area contributed by atoms with Crippen molar-refractivity contribution in [2.75, 3.05) is 0 Å². The first-order chi connectivity index (χ1) is 11.0.